The summed E-state index contributed by atoms with van der Waals surface area (Å²) >= 11 is 0. The van der Waals surface area contributed by atoms with Crippen LogP contribution >= 0.6 is 0 Å². The number of imide groups is 1. The highest BCUT2D eigenvalue weighted by atomic mass is 19.4. The van der Waals surface area contributed by atoms with Gasteiger partial charge in [-0.1, -0.05) is 13.8 Å². The quantitative estimate of drug-likeness (QED) is 0.752. The number of rotatable bonds is 3. The minimum atomic E-state index is -4.42. The molecule has 7 nitrogen and oxygen atoms in total. The molecule has 1 aromatic rings. The van der Waals surface area contributed by atoms with Gasteiger partial charge in [0.25, 0.3) is 5.91 Å². The molecule has 10 heteroatoms. The monoisotopic (exact) mass is 421 g/mol. The second kappa shape index (κ2) is 6.75. The second-order valence-corrected chi connectivity index (χ2v) is 8.08. The topological polar surface area (TPSA) is 59.5 Å². The van der Waals surface area contributed by atoms with E-state index in [-0.39, 0.29) is 11.8 Å². The molecule has 0 aliphatic carbocycles. The molecule has 0 spiro atoms. The summed E-state index contributed by atoms with van der Waals surface area (Å²) in [5.74, 6) is 0.208. The van der Waals surface area contributed by atoms with Gasteiger partial charge in [-0.2, -0.15) is 13.2 Å². The van der Waals surface area contributed by atoms with Crippen LogP contribution < -0.4 is 4.90 Å². The van der Waals surface area contributed by atoms with Crippen molar-refractivity contribution in [1.82, 2.24) is 14.7 Å². The molecule has 2 unspecified atom stereocenters. The number of amides is 3. The third kappa shape index (κ3) is 3.01. The molecule has 0 aromatic heterocycles. The maximum Gasteiger partial charge on any atom is 0.416 e. The van der Waals surface area contributed by atoms with E-state index in [2.05, 4.69) is 4.99 Å². The Hall–Kier alpha value is -3.04. The number of nitrogens with zero attached hydrogens (tertiary/aromatic N) is 5. The molecule has 0 bridgehead atoms. The van der Waals surface area contributed by atoms with Crippen molar-refractivity contribution in [1.29, 1.82) is 0 Å². The molecule has 0 N–H and O–H groups in total. The Bertz CT molecular complexity index is 954. The summed E-state index contributed by atoms with van der Waals surface area (Å²) in [6.45, 7) is 5.95. The Kier molecular flexibility index (Phi) is 4.55. The van der Waals surface area contributed by atoms with E-state index in [0.29, 0.717) is 18.2 Å². The molecule has 30 heavy (non-hydrogen) atoms. The van der Waals surface area contributed by atoms with Gasteiger partial charge in [0.05, 0.1) is 5.56 Å². The molecule has 3 amide bonds. The summed E-state index contributed by atoms with van der Waals surface area (Å²) in [5, 5.41) is 0. The van der Waals surface area contributed by atoms with Crippen LogP contribution in [0.2, 0.25) is 0 Å². The highest BCUT2D eigenvalue weighted by Crippen LogP contribution is 2.37. The van der Waals surface area contributed by atoms with Crippen molar-refractivity contribution in [3.63, 3.8) is 0 Å². The molecular weight excluding hydrogens is 399 g/mol. The lowest BCUT2D eigenvalue weighted by Crippen LogP contribution is -2.64. The maximum atomic E-state index is 13.1. The van der Waals surface area contributed by atoms with Crippen LogP contribution in [0.4, 0.5) is 23.7 Å². The van der Waals surface area contributed by atoms with E-state index in [1.807, 2.05) is 13.8 Å². The molecule has 4 rings (SSSR count). The largest absolute Gasteiger partial charge is 0.416 e. The molecule has 1 saturated heterocycles. The van der Waals surface area contributed by atoms with E-state index in [9.17, 15) is 22.8 Å². The number of fused-ring (bicyclic) bond motifs is 3. The molecule has 3 aliphatic rings. The average molecular weight is 421 g/mol. The van der Waals surface area contributed by atoms with Crippen LogP contribution in [0.1, 0.15) is 26.3 Å². The average Bonchev–Trinajstić information content (AvgIpc) is 3.17. The SMILES string of the molecule is CC1=CN2C(=NC3C2C(=O)N(CC(C)C)C(=O)N3C)N1c1ccc(C(F)(F)F)cc1. The fourth-order valence-corrected chi connectivity index (χ4v) is 4.01. The van der Waals surface area contributed by atoms with Crippen LogP contribution in [-0.2, 0) is 11.0 Å². The maximum absolute atomic E-state index is 13.1. The van der Waals surface area contributed by atoms with Crippen molar-refractivity contribution in [2.75, 3.05) is 18.5 Å². The number of carbonyl (C=O) groups excluding carboxylic acids is 2. The first-order valence-electron chi connectivity index (χ1n) is 9.61. The van der Waals surface area contributed by atoms with E-state index in [4.69, 9.17) is 0 Å². The minimum absolute atomic E-state index is 0.115. The van der Waals surface area contributed by atoms with Crippen LogP contribution in [0.3, 0.4) is 0 Å². The van der Waals surface area contributed by atoms with Crippen LogP contribution in [0.15, 0.2) is 41.2 Å². The Morgan fingerprint density at radius 3 is 2.33 bits per heavy atom. The summed E-state index contributed by atoms with van der Waals surface area (Å²) < 4.78 is 38.7. The number of anilines is 1. The van der Waals surface area contributed by atoms with Gasteiger partial charge in [0, 0.05) is 31.2 Å². The van der Waals surface area contributed by atoms with Crippen molar-refractivity contribution in [2.45, 2.75) is 39.2 Å². The normalized spacial score (nSPS) is 23.9. The lowest BCUT2D eigenvalue weighted by Gasteiger charge is -2.40. The lowest BCUT2D eigenvalue weighted by atomic mass is 10.1. The molecule has 2 atom stereocenters. The number of benzene rings is 1. The number of carbonyl (C=O) groups is 2. The van der Waals surface area contributed by atoms with Crippen LogP contribution in [0.25, 0.3) is 0 Å². The predicted molar refractivity (Wildman–Crippen MR) is 104 cm³/mol. The number of alkyl halides is 3. The van der Waals surface area contributed by atoms with E-state index in [0.717, 1.165) is 17.8 Å². The Labute approximate surface area is 172 Å². The first-order valence-corrected chi connectivity index (χ1v) is 9.61. The van der Waals surface area contributed by atoms with E-state index < -0.39 is 30.0 Å². The third-order valence-corrected chi connectivity index (χ3v) is 5.39. The zero-order chi connectivity index (χ0) is 22.0. The highest BCUT2D eigenvalue weighted by molar-refractivity contribution is 6.09. The van der Waals surface area contributed by atoms with Gasteiger partial charge in [-0.15, -0.1) is 0 Å². The summed E-state index contributed by atoms with van der Waals surface area (Å²) in [4.78, 5) is 36.5. The number of halogens is 3. The van der Waals surface area contributed by atoms with Gasteiger partial charge in [-0.3, -0.25) is 14.6 Å². The zero-order valence-electron chi connectivity index (χ0n) is 17.0. The van der Waals surface area contributed by atoms with Crippen LogP contribution in [0.5, 0.6) is 0 Å². The number of guanidine groups is 1. The van der Waals surface area contributed by atoms with Crippen molar-refractivity contribution in [3.05, 3.63) is 41.7 Å². The molecule has 3 aliphatic heterocycles. The Morgan fingerprint density at radius 1 is 1.13 bits per heavy atom. The first kappa shape index (κ1) is 20.2. The number of allylic oxidation sites excluding steroid dienone is 1. The predicted octanol–water partition coefficient (Wildman–Crippen LogP) is 3.30. The standard InChI is InChI=1S/C20H22F3N5O2/c1-11(2)9-27-17(29)15-16(25(4)19(27)30)24-18-26(15)10-12(3)28(18)14-7-5-13(6-8-14)20(21,22)23/h5-8,10-11,15-16H,9H2,1-4H3. The highest BCUT2D eigenvalue weighted by Gasteiger charge is 2.54. The van der Waals surface area contributed by atoms with Crippen LogP contribution in [-0.4, -0.2) is 58.4 Å². The lowest BCUT2D eigenvalue weighted by molar-refractivity contribution is -0.138. The Balaban J connectivity index is 1.67. The zero-order valence-corrected chi connectivity index (χ0v) is 17.0. The molecule has 160 valence electrons. The smallest absolute Gasteiger partial charge is 0.302 e. The molecular formula is C20H22F3N5O2. The van der Waals surface area contributed by atoms with E-state index >= 15 is 0 Å². The summed E-state index contributed by atoms with van der Waals surface area (Å²) in [5.41, 5.74) is 0.475. The number of hydrogen-bond acceptors (Lipinski definition) is 5. The molecule has 1 aromatic carbocycles. The van der Waals surface area contributed by atoms with Crippen molar-refractivity contribution >= 4 is 23.6 Å². The summed E-state index contributed by atoms with van der Waals surface area (Å²) in [7, 11) is 1.60. The van der Waals surface area contributed by atoms with E-state index in [1.54, 1.807) is 30.0 Å². The van der Waals surface area contributed by atoms with Gasteiger partial charge in [-0.05, 0) is 37.1 Å². The molecule has 1 fully saturated rings. The number of hydrogen-bond donors (Lipinski definition) is 0. The van der Waals surface area contributed by atoms with Gasteiger partial charge in [0.15, 0.2) is 12.2 Å². The molecule has 0 radical (unpaired) electrons. The van der Waals surface area contributed by atoms with Gasteiger partial charge >= 0.3 is 12.2 Å². The van der Waals surface area contributed by atoms with Gasteiger partial charge < -0.3 is 9.80 Å². The van der Waals surface area contributed by atoms with Gasteiger partial charge in [0.1, 0.15) is 0 Å². The van der Waals surface area contributed by atoms with Gasteiger partial charge in [0.2, 0.25) is 5.96 Å². The van der Waals surface area contributed by atoms with Crippen molar-refractivity contribution < 1.29 is 22.8 Å². The number of likely N-dealkylation sites (N-methyl/N-ethyl adjacent to an activating group) is 1. The molecule has 0 saturated carbocycles. The van der Waals surface area contributed by atoms with Gasteiger partial charge in [-0.25, -0.2) is 9.79 Å². The van der Waals surface area contributed by atoms with E-state index in [1.165, 1.54) is 21.9 Å². The minimum Gasteiger partial charge on any atom is -0.302 e. The van der Waals surface area contributed by atoms with Crippen LogP contribution in [0, 0.1) is 5.92 Å². The molecule has 3 heterocycles. The Morgan fingerprint density at radius 2 is 1.77 bits per heavy atom. The fourth-order valence-electron chi connectivity index (χ4n) is 4.01. The number of aliphatic imine (C=N–C) groups is 1. The van der Waals surface area contributed by atoms with Crippen molar-refractivity contribution in [2.24, 2.45) is 10.9 Å². The summed E-state index contributed by atoms with van der Waals surface area (Å²) in [6, 6.07) is 3.67. The second-order valence-electron chi connectivity index (χ2n) is 8.08. The summed E-state index contributed by atoms with van der Waals surface area (Å²) in [6.07, 6.45) is -3.36. The van der Waals surface area contributed by atoms with Crippen molar-refractivity contribution in [3.8, 4) is 0 Å². The fraction of sp³-hybridized carbons (Fsp3) is 0.450. The first-order chi connectivity index (χ1) is 14.0. The number of urea groups is 1. The third-order valence-electron chi connectivity index (χ3n) is 5.39.